The number of hydrogen-bond acceptors (Lipinski definition) is 3. The van der Waals surface area contributed by atoms with Gasteiger partial charge in [0.2, 0.25) is 0 Å². The molecule has 0 spiro atoms. The molecule has 5 heteroatoms. The van der Waals surface area contributed by atoms with E-state index in [9.17, 15) is 0 Å². The molecule has 0 saturated carbocycles. The van der Waals surface area contributed by atoms with E-state index in [0.717, 1.165) is 25.1 Å². The maximum Gasteiger partial charge on any atom is 0.145 e. The van der Waals surface area contributed by atoms with E-state index in [4.69, 9.17) is 5.73 Å². The van der Waals surface area contributed by atoms with Gasteiger partial charge in [0, 0.05) is 31.0 Å². The summed E-state index contributed by atoms with van der Waals surface area (Å²) in [7, 11) is 0. The summed E-state index contributed by atoms with van der Waals surface area (Å²) in [6, 6.07) is 12.1. The van der Waals surface area contributed by atoms with Crippen molar-refractivity contribution in [1.29, 1.82) is 0 Å². The van der Waals surface area contributed by atoms with Gasteiger partial charge in [0.25, 0.3) is 0 Å². The molecule has 0 saturated heterocycles. The zero-order valence-corrected chi connectivity index (χ0v) is 11.2. The van der Waals surface area contributed by atoms with E-state index in [1.54, 1.807) is 6.07 Å². The Labute approximate surface area is 117 Å². The Morgan fingerprint density at radius 1 is 0.950 bits per heavy atom. The van der Waals surface area contributed by atoms with Gasteiger partial charge in [-0.3, -0.25) is 9.36 Å². The molecule has 0 aliphatic rings. The predicted octanol–water partition coefficient (Wildman–Crippen LogP) is 2.42. The van der Waals surface area contributed by atoms with Crippen LogP contribution in [0.2, 0.25) is 0 Å². The molecule has 102 valence electrons. The third kappa shape index (κ3) is 2.88. The van der Waals surface area contributed by atoms with Crippen LogP contribution in [-0.4, -0.2) is 19.6 Å². The van der Waals surface area contributed by atoms with Gasteiger partial charge in [0.15, 0.2) is 0 Å². The first-order valence-electron chi connectivity index (χ1n) is 6.68. The fraction of sp³-hybridized carbons (Fsp3) is 0.200. The Balaban J connectivity index is 1.58. The molecular weight excluding hydrogens is 250 g/mol. The average Bonchev–Trinajstić information content (AvgIpc) is 3.09. The molecule has 0 aliphatic heterocycles. The summed E-state index contributed by atoms with van der Waals surface area (Å²) in [6.07, 6.45) is 6.85. The van der Waals surface area contributed by atoms with Gasteiger partial charge in [-0.05, 0) is 18.1 Å². The number of hydrogen-bond donors (Lipinski definition) is 1. The normalized spacial score (nSPS) is 10.8. The first kappa shape index (κ1) is 12.5. The van der Waals surface area contributed by atoms with Gasteiger partial charge in [-0.2, -0.15) is 10.2 Å². The second-order valence-corrected chi connectivity index (χ2v) is 4.72. The van der Waals surface area contributed by atoms with Crippen LogP contribution in [0.4, 0.5) is 5.82 Å². The first-order valence-corrected chi connectivity index (χ1v) is 6.68. The molecule has 20 heavy (non-hydrogen) atoms. The van der Waals surface area contributed by atoms with Gasteiger partial charge in [-0.1, -0.05) is 30.3 Å². The molecular formula is C15H17N5. The number of benzene rings is 1. The van der Waals surface area contributed by atoms with Gasteiger partial charge in [0.1, 0.15) is 5.82 Å². The van der Waals surface area contributed by atoms with Crippen molar-refractivity contribution in [2.24, 2.45) is 0 Å². The Morgan fingerprint density at radius 2 is 1.75 bits per heavy atom. The minimum atomic E-state index is 0.565. The van der Waals surface area contributed by atoms with Crippen molar-refractivity contribution in [1.82, 2.24) is 19.6 Å². The lowest BCUT2D eigenvalue weighted by molar-refractivity contribution is 0.502. The smallest absolute Gasteiger partial charge is 0.145 e. The minimum Gasteiger partial charge on any atom is -0.382 e. The van der Waals surface area contributed by atoms with E-state index in [0.29, 0.717) is 5.82 Å². The van der Waals surface area contributed by atoms with E-state index in [-0.39, 0.29) is 0 Å². The molecule has 3 aromatic rings. The quantitative estimate of drug-likeness (QED) is 0.772. The molecule has 0 bridgehead atoms. The molecule has 0 fully saturated rings. The molecule has 3 rings (SSSR count). The van der Waals surface area contributed by atoms with Crippen molar-refractivity contribution in [3.8, 4) is 11.1 Å². The Hall–Kier alpha value is -2.56. The number of nitrogens with two attached hydrogens (primary N) is 1. The van der Waals surface area contributed by atoms with E-state index in [1.807, 2.05) is 40.0 Å². The standard InChI is InChI=1S/C15H17N5/c16-15-7-10-19(18-15)8-4-9-20-12-14(11-17-20)13-5-2-1-3-6-13/h1-3,5-7,10-12H,4,8-9H2,(H2,16,18). The predicted molar refractivity (Wildman–Crippen MR) is 78.9 cm³/mol. The van der Waals surface area contributed by atoms with Crippen LogP contribution in [-0.2, 0) is 13.1 Å². The number of nitrogens with zero attached hydrogens (tertiary/aromatic N) is 4. The van der Waals surface area contributed by atoms with Gasteiger partial charge >= 0.3 is 0 Å². The van der Waals surface area contributed by atoms with Crippen LogP contribution in [0.25, 0.3) is 11.1 Å². The molecule has 2 N–H and O–H groups in total. The molecule has 0 unspecified atom stereocenters. The highest BCUT2D eigenvalue weighted by Crippen LogP contribution is 2.17. The van der Waals surface area contributed by atoms with E-state index < -0.39 is 0 Å². The topological polar surface area (TPSA) is 61.7 Å². The second kappa shape index (κ2) is 5.61. The fourth-order valence-corrected chi connectivity index (χ4v) is 2.16. The first-order chi connectivity index (χ1) is 9.81. The highest BCUT2D eigenvalue weighted by atomic mass is 15.3. The largest absolute Gasteiger partial charge is 0.382 e. The minimum absolute atomic E-state index is 0.565. The zero-order valence-electron chi connectivity index (χ0n) is 11.2. The number of nitrogen functional groups attached to an aromatic ring is 1. The number of aryl methyl sites for hydroxylation is 2. The van der Waals surface area contributed by atoms with Crippen LogP contribution in [0.15, 0.2) is 55.0 Å². The van der Waals surface area contributed by atoms with Crippen LogP contribution in [0.1, 0.15) is 6.42 Å². The van der Waals surface area contributed by atoms with Gasteiger partial charge in [-0.25, -0.2) is 0 Å². The summed E-state index contributed by atoms with van der Waals surface area (Å²) in [5, 5.41) is 8.55. The van der Waals surface area contributed by atoms with E-state index in [1.165, 1.54) is 5.56 Å². The van der Waals surface area contributed by atoms with Crippen LogP contribution in [0.3, 0.4) is 0 Å². The third-order valence-electron chi connectivity index (χ3n) is 3.18. The molecule has 1 aromatic carbocycles. The maximum absolute atomic E-state index is 5.58. The Kier molecular flexibility index (Phi) is 3.50. The fourth-order valence-electron chi connectivity index (χ4n) is 2.16. The summed E-state index contributed by atoms with van der Waals surface area (Å²) < 4.78 is 3.83. The maximum atomic E-state index is 5.58. The molecule has 0 amide bonds. The van der Waals surface area contributed by atoms with Crippen molar-refractivity contribution in [3.63, 3.8) is 0 Å². The summed E-state index contributed by atoms with van der Waals surface area (Å²) >= 11 is 0. The lowest BCUT2D eigenvalue weighted by Gasteiger charge is -2.02. The lowest BCUT2D eigenvalue weighted by atomic mass is 10.1. The molecule has 2 aromatic heterocycles. The summed E-state index contributed by atoms with van der Waals surface area (Å²) in [5.74, 6) is 0.565. The average molecular weight is 267 g/mol. The van der Waals surface area contributed by atoms with Gasteiger partial charge in [-0.15, -0.1) is 0 Å². The van der Waals surface area contributed by atoms with Crippen LogP contribution in [0.5, 0.6) is 0 Å². The van der Waals surface area contributed by atoms with Crippen LogP contribution < -0.4 is 5.73 Å². The molecule has 0 radical (unpaired) electrons. The summed E-state index contributed by atoms with van der Waals surface area (Å²) in [6.45, 7) is 1.71. The van der Waals surface area contributed by atoms with Crippen LogP contribution >= 0.6 is 0 Å². The van der Waals surface area contributed by atoms with Crippen molar-refractivity contribution >= 4 is 5.82 Å². The van der Waals surface area contributed by atoms with Crippen molar-refractivity contribution < 1.29 is 0 Å². The zero-order chi connectivity index (χ0) is 13.8. The SMILES string of the molecule is Nc1ccn(CCCn2cc(-c3ccccc3)cn2)n1. The highest BCUT2D eigenvalue weighted by Gasteiger charge is 2.01. The van der Waals surface area contributed by atoms with Crippen molar-refractivity contribution in [2.45, 2.75) is 19.5 Å². The van der Waals surface area contributed by atoms with Crippen LogP contribution in [0, 0.1) is 0 Å². The third-order valence-corrected chi connectivity index (χ3v) is 3.18. The molecule has 5 nitrogen and oxygen atoms in total. The Bertz CT molecular complexity index is 668. The number of anilines is 1. The molecule has 0 aliphatic carbocycles. The summed E-state index contributed by atoms with van der Waals surface area (Å²) in [4.78, 5) is 0. The lowest BCUT2D eigenvalue weighted by Crippen LogP contribution is -2.05. The van der Waals surface area contributed by atoms with E-state index in [2.05, 4.69) is 28.5 Å². The summed E-state index contributed by atoms with van der Waals surface area (Å²) in [5.41, 5.74) is 7.92. The Morgan fingerprint density at radius 3 is 2.50 bits per heavy atom. The highest BCUT2D eigenvalue weighted by molar-refractivity contribution is 5.61. The molecule has 0 atom stereocenters. The molecule has 2 heterocycles. The van der Waals surface area contributed by atoms with Gasteiger partial charge in [0.05, 0.1) is 6.20 Å². The van der Waals surface area contributed by atoms with Gasteiger partial charge < -0.3 is 5.73 Å². The van der Waals surface area contributed by atoms with E-state index >= 15 is 0 Å². The van der Waals surface area contributed by atoms with Crippen molar-refractivity contribution in [3.05, 3.63) is 55.0 Å². The number of aromatic nitrogens is 4. The van der Waals surface area contributed by atoms with Crippen molar-refractivity contribution in [2.75, 3.05) is 5.73 Å². The second-order valence-electron chi connectivity index (χ2n) is 4.72. The number of rotatable bonds is 5. The monoisotopic (exact) mass is 267 g/mol.